The van der Waals surface area contributed by atoms with E-state index in [4.69, 9.17) is 0 Å². The highest BCUT2D eigenvalue weighted by atomic mass is 32.1. The van der Waals surface area contributed by atoms with Gasteiger partial charge >= 0.3 is 0 Å². The summed E-state index contributed by atoms with van der Waals surface area (Å²) in [6.07, 6.45) is 1.33. The second kappa shape index (κ2) is 10.8. The van der Waals surface area contributed by atoms with Gasteiger partial charge in [-0.1, -0.05) is 37.6 Å². The molecule has 2 heterocycles. The topological polar surface area (TPSA) is 78.5 Å². The van der Waals surface area contributed by atoms with E-state index in [9.17, 15) is 14.4 Å². The van der Waals surface area contributed by atoms with Gasteiger partial charge in [0.1, 0.15) is 6.04 Å². The average Bonchev–Trinajstić information content (AvgIpc) is 3.31. The van der Waals surface area contributed by atoms with Crippen LogP contribution in [0.5, 0.6) is 0 Å². The third kappa shape index (κ3) is 5.97. The maximum Gasteiger partial charge on any atom is 0.263 e. The summed E-state index contributed by atoms with van der Waals surface area (Å²) in [7, 11) is 0. The number of carbonyl (C=O) groups is 3. The number of rotatable bonds is 7. The first-order valence-corrected chi connectivity index (χ1v) is 12.1. The average molecular weight is 456 g/mol. The summed E-state index contributed by atoms with van der Waals surface area (Å²) >= 11 is 1.44. The lowest BCUT2D eigenvalue weighted by molar-refractivity contribution is -0.125. The van der Waals surface area contributed by atoms with Crippen molar-refractivity contribution in [3.05, 3.63) is 57.8 Å². The number of nitrogens with zero attached hydrogens (tertiary/aromatic N) is 1. The molecular formula is C25H33N3O3S. The van der Waals surface area contributed by atoms with E-state index in [-0.39, 0.29) is 35.6 Å². The molecule has 172 valence electrons. The Hall–Kier alpha value is -2.67. The Kier molecular flexibility index (Phi) is 8.07. The first kappa shape index (κ1) is 24.0. The molecule has 7 heteroatoms. The monoisotopic (exact) mass is 455 g/mol. The number of piperidine rings is 1. The van der Waals surface area contributed by atoms with E-state index in [1.807, 2.05) is 54.5 Å². The predicted octanol–water partition coefficient (Wildman–Crippen LogP) is 3.87. The van der Waals surface area contributed by atoms with Crippen LogP contribution >= 0.6 is 11.3 Å². The number of hydrogen-bond donors (Lipinski definition) is 2. The summed E-state index contributed by atoms with van der Waals surface area (Å²) in [6.45, 7) is 9.17. The fraction of sp³-hybridized carbons (Fsp3) is 0.480. The van der Waals surface area contributed by atoms with Gasteiger partial charge in [-0.3, -0.25) is 14.4 Å². The minimum absolute atomic E-state index is 0.00127. The van der Waals surface area contributed by atoms with Gasteiger partial charge < -0.3 is 15.5 Å². The van der Waals surface area contributed by atoms with E-state index in [2.05, 4.69) is 24.5 Å². The number of aryl methyl sites for hydroxylation is 1. The van der Waals surface area contributed by atoms with E-state index < -0.39 is 6.04 Å². The minimum atomic E-state index is -0.636. The SMILES string of the molecule is Cc1cccc(C(=O)N[C@@H](C(=O)N[C@@H](C)C(C)C)C2CCN(C(=O)c3cccs3)CC2)c1. The lowest BCUT2D eigenvalue weighted by Crippen LogP contribution is -2.55. The Morgan fingerprint density at radius 2 is 1.75 bits per heavy atom. The molecule has 0 aliphatic carbocycles. The Morgan fingerprint density at radius 1 is 1.03 bits per heavy atom. The fourth-order valence-electron chi connectivity index (χ4n) is 3.88. The highest BCUT2D eigenvalue weighted by Crippen LogP contribution is 2.24. The lowest BCUT2D eigenvalue weighted by atomic mass is 9.88. The van der Waals surface area contributed by atoms with Gasteiger partial charge in [0.15, 0.2) is 0 Å². The van der Waals surface area contributed by atoms with Gasteiger partial charge in [-0.15, -0.1) is 11.3 Å². The summed E-state index contributed by atoms with van der Waals surface area (Å²) in [4.78, 5) is 41.4. The highest BCUT2D eigenvalue weighted by molar-refractivity contribution is 7.12. The summed E-state index contributed by atoms with van der Waals surface area (Å²) in [5, 5.41) is 7.96. The third-order valence-electron chi connectivity index (χ3n) is 6.25. The molecule has 1 aliphatic heterocycles. The second-order valence-corrected chi connectivity index (χ2v) is 9.92. The first-order valence-electron chi connectivity index (χ1n) is 11.3. The predicted molar refractivity (Wildman–Crippen MR) is 128 cm³/mol. The Labute approximate surface area is 194 Å². The minimum Gasteiger partial charge on any atom is -0.352 e. The molecule has 3 amide bonds. The van der Waals surface area contributed by atoms with Gasteiger partial charge in [0.05, 0.1) is 4.88 Å². The quantitative estimate of drug-likeness (QED) is 0.665. The maximum atomic E-state index is 13.2. The summed E-state index contributed by atoms with van der Waals surface area (Å²) in [5.41, 5.74) is 1.54. The zero-order valence-corrected chi connectivity index (χ0v) is 20.1. The molecule has 1 saturated heterocycles. The summed E-state index contributed by atoms with van der Waals surface area (Å²) < 4.78 is 0. The van der Waals surface area contributed by atoms with Crippen LogP contribution in [-0.4, -0.2) is 47.8 Å². The van der Waals surface area contributed by atoms with Gasteiger partial charge in [0.2, 0.25) is 5.91 Å². The fourth-order valence-corrected chi connectivity index (χ4v) is 4.57. The number of benzene rings is 1. The van der Waals surface area contributed by atoms with E-state index in [0.717, 1.165) is 10.4 Å². The van der Waals surface area contributed by atoms with Gasteiger partial charge in [0.25, 0.3) is 11.8 Å². The van der Waals surface area contributed by atoms with Gasteiger partial charge in [-0.25, -0.2) is 0 Å². The van der Waals surface area contributed by atoms with Crippen LogP contribution in [0.2, 0.25) is 0 Å². The van der Waals surface area contributed by atoms with Crippen LogP contribution < -0.4 is 10.6 Å². The molecule has 0 radical (unpaired) electrons. The highest BCUT2D eigenvalue weighted by Gasteiger charge is 2.35. The van der Waals surface area contributed by atoms with Crippen molar-refractivity contribution in [1.82, 2.24) is 15.5 Å². The number of likely N-dealkylation sites (tertiary alicyclic amines) is 1. The Balaban J connectivity index is 1.71. The van der Waals surface area contributed by atoms with Crippen LogP contribution in [0.3, 0.4) is 0 Å². The Bertz CT molecular complexity index is 934. The van der Waals surface area contributed by atoms with Crippen molar-refractivity contribution < 1.29 is 14.4 Å². The Morgan fingerprint density at radius 3 is 2.34 bits per heavy atom. The number of nitrogens with one attached hydrogen (secondary N) is 2. The van der Waals surface area contributed by atoms with Crippen molar-refractivity contribution in [2.24, 2.45) is 11.8 Å². The molecule has 0 saturated carbocycles. The van der Waals surface area contributed by atoms with Crippen molar-refractivity contribution in [1.29, 1.82) is 0 Å². The van der Waals surface area contributed by atoms with Crippen LogP contribution in [-0.2, 0) is 4.79 Å². The zero-order chi connectivity index (χ0) is 23.3. The van der Waals surface area contributed by atoms with Crippen molar-refractivity contribution in [3.63, 3.8) is 0 Å². The molecule has 1 aromatic carbocycles. The van der Waals surface area contributed by atoms with Crippen LogP contribution in [0, 0.1) is 18.8 Å². The van der Waals surface area contributed by atoms with Gasteiger partial charge in [-0.05, 0) is 62.1 Å². The van der Waals surface area contributed by atoms with Gasteiger partial charge in [-0.2, -0.15) is 0 Å². The number of hydrogen-bond acceptors (Lipinski definition) is 4. The van der Waals surface area contributed by atoms with Gasteiger partial charge in [0, 0.05) is 24.7 Å². The van der Waals surface area contributed by atoms with Crippen molar-refractivity contribution in [3.8, 4) is 0 Å². The van der Waals surface area contributed by atoms with Crippen molar-refractivity contribution in [2.45, 2.75) is 52.6 Å². The molecule has 0 spiro atoms. The standard InChI is InChI=1S/C25H33N3O3S/c1-16(2)18(4)26-24(30)22(27-23(29)20-8-5-7-17(3)15-20)19-10-12-28(13-11-19)25(31)21-9-6-14-32-21/h5-9,14-16,18-19,22H,10-13H2,1-4H3,(H,26,30)(H,27,29)/t18-,22+/m0/s1. The molecule has 1 aromatic heterocycles. The number of thiophene rings is 1. The normalized spacial score (nSPS) is 16.5. The lowest BCUT2D eigenvalue weighted by Gasteiger charge is -2.36. The largest absolute Gasteiger partial charge is 0.352 e. The maximum absolute atomic E-state index is 13.2. The van der Waals surface area contributed by atoms with Crippen LogP contribution in [0.25, 0.3) is 0 Å². The first-order chi connectivity index (χ1) is 15.3. The van der Waals surface area contributed by atoms with Crippen LogP contribution in [0.4, 0.5) is 0 Å². The molecule has 2 N–H and O–H groups in total. The van der Waals surface area contributed by atoms with Crippen molar-refractivity contribution in [2.75, 3.05) is 13.1 Å². The molecule has 1 aliphatic rings. The zero-order valence-electron chi connectivity index (χ0n) is 19.3. The molecule has 6 nitrogen and oxygen atoms in total. The van der Waals surface area contributed by atoms with E-state index in [1.54, 1.807) is 6.07 Å². The smallest absolute Gasteiger partial charge is 0.263 e. The molecule has 32 heavy (non-hydrogen) atoms. The molecule has 0 unspecified atom stereocenters. The second-order valence-electron chi connectivity index (χ2n) is 8.97. The number of amides is 3. The third-order valence-corrected chi connectivity index (χ3v) is 7.11. The molecule has 2 atom stereocenters. The van der Waals surface area contributed by atoms with Crippen LogP contribution in [0.1, 0.15) is 59.2 Å². The molecule has 0 bridgehead atoms. The van der Waals surface area contributed by atoms with Crippen molar-refractivity contribution >= 4 is 29.1 Å². The summed E-state index contributed by atoms with van der Waals surface area (Å²) in [6, 6.07) is 10.4. The molecule has 3 rings (SSSR count). The summed E-state index contributed by atoms with van der Waals surface area (Å²) in [5.74, 6) is -0.108. The van der Waals surface area contributed by atoms with E-state index >= 15 is 0 Å². The van der Waals surface area contributed by atoms with Crippen LogP contribution in [0.15, 0.2) is 41.8 Å². The van der Waals surface area contributed by atoms with E-state index in [1.165, 1.54) is 11.3 Å². The molecule has 2 aromatic rings. The number of carbonyl (C=O) groups excluding carboxylic acids is 3. The molecular weight excluding hydrogens is 422 g/mol. The van der Waals surface area contributed by atoms with E-state index in [0.29, 0.717) is 31.5 Å². The molecule has 1 fully saturated rings.